The minimum absolute atomic E-state index is 0.0533. The molecule has 2 fully saturated rings. The Labute approximate surface area is 240 Å². The average molecular weight is 562 g/mol. The molecule has 11 heteroatoms. The number of amides is 3. The first-order chi connectivity index (χ1) is 19.9. The van der Waals surface area contributed by atoms with Gasteiger partial charge in [0.25, 0.3) is 0 Å². The fraction of sp³-hybridized carbons (Fsp3) is 0.500. The SMILES string of the molecule is Cn1nnc2cc(CNC(=O)[C@@H]3CN(C(=O)OC4CCCCC4)CCN3C(=O)[C@H](N)CCc3ccccc3)ccc21. The number of nitrogens with one attached hydrogen (secondary N) is 1. The smallest absolute Gasteiger partial charge is 0.410 e. The van der Waals surface area contributed by atoms with Crippen LogP contribution in [0.4, 0.5) is 4.79 Å². The maximum atomic E-state index is 13.6. The van der Waals surface area contributed by atoms with Crippen LogP contribution in [0.3, 0.4) is 0 Å². The van der Waals surface area contributed by atoms with Crippen molar-refractivity contribution in [1.29, 1.82) is 0 Å². The molecule has 0 radical (unpaired) electrons. The lowest BCUT2D eigenvalue weighted by Crippen LogP contribution is -2.63. The third-order valence-corrected chi connectivity index (χ3v) is 8.09. The van der Waals surface area contributed by atoms with Gasteiger partial charge in [-0.1, -0.05) is 48.0 Å². The van der Waals surface area contributed by atoms with Gasteiger partial charge in [-0.3, -0.25) is 9.59 Å². The van der Waals surface area contributed by atoms with Crippen molar-refractivity contribution in [3.63, 3.8) is 0 Å². The molecule has 1 aliphatic carbocycles. The first-order valence-corrected chi connectivity index (χ1v) is 14.5. The summed E-state index contributed by atoms with van der Waals surface area (Å²) < 4.78 is 7.46. The van der Waals surface area contributed by atoms with Crippen molar-refractivity contribution in [2.24, 2.45) is 12.8 Å². The van der Waals surface area contributed by atoms with Gasteiger partial charge in [0.05, 0.1) is 18.1 Å². The van der Waals surface area contributed by atoms with Crippen LogP contribution in [0, 0.1) is 0 Å². The van der Waals surface area contributed by atoms with Crippen molar-refractivity contribution in [3.8, 4) is 0 Å². The summed E-state index contributed by atoms with van der Waals surface area (Å²) in [5.74, 6) is -0.634. The van der Waals surface area contributed by atoms with E-state index in [0.29, 0.717) is 12.8 Å². The summed E-state index contributed by atoms with van der Waals surface area (Å²) in [6.45, 7) is 0.797. The van der Waals surface area contributed by atoms with Gasteiger partial charge in [0, 0.05) is 26.7 Å². The van der Waals surface area contributed by atoms with Crippen LogP contribution < -0.4 is 11.1 Å². The van der Waals surface area contributed by atoms with Gasteiger partial charge < -0.3 is 25.6 Å². The van der Waals surface area contributed by atoms with E-state index in [2.05, 4.69) is 15.6 Å². The molecule has 1 saturated heterocycles. The van der Waals surface area contributed by atoms with Crippen LogP contribution in [-0.4, -0.2) is 80.5 Å². The second-order valence-electron chi connectivity index (χ2n) is 11.0. The molecule has 3 aromatic rings. The number of aromatic nitrogens is 3. The molecule has 218 valence electrons. The van der Waals surface area contributed by atoms with Gasteiger partial charge in [0.1, 0.15) is 17.7 Å². The fourth-order valence-corrected chi connectivity index (χ4v) is 5.64. The molecule has 3 N–H and O–H groups in total. The molecule has 0 bridgehead atoms. The summed E-state index contributed by atoms with van der Waals surface area (Å²) in [4.78, 5) is 43.2. The third kappa shape index (κ3) is 7.02. The quantitative estimate of drug-likeness (QED) is 0.431. The highest BCUT2D eigenvalue weighted by Crippen LogP contribution is 2.22. The van der Waals surface area contributed by atoms with Crippen molar-refractivity contribution in [3.05, 3.63) is 59.7 Å². The monoisotopic (exact) mass is 561 g/mol. The second kappa shape index (κ2) is 13.1. The number of nitrogens with zero attached hydrogens (tertiary/aromatic N) is 5. The van der Waals surface area contributed by atoms with Gasteiger partial charge in [-0.15, -0.1) is 5.10 Å². The summed E-state index contributed by atoms with van der Waals surface area (Å²) >= 11 is 0. The standard InChI is InChI=1S/C30H39N7O4/c1-35-26-15-13-22(18-25(26)33-34-35)19-32-28(38)27-20-36(30(40)41-23-10-6-3-7-11-23)16-17-37(27)29(39)24(31)14-12-21-8-4-2-5-9-21/h2,4-5,8-9,13,15,18,23-24,27H,3,6-7,10-12,14,16-17,19-20,31H2,1H3,(H,32,38)/t24-,27+/m1/s1. The maximum absolute atomic E-state index is 13.6. The Bertz CT molecular complexity index is 1360. The molecular weight excluding hydrogens is 522 g/mol. The van der Waals surface area contributed by atoms with E-state index >= 15 is 0 Å². The van der Waals surface area contributed by atoms with Crippen LogP contribution in [0.5, 0.6) is 0 Å². The van der Waals surface area contributed by atoms with E-state index in [9.17, 15) is 14.4 Å². The Kier molecular flexibility index (Phi) is 9.13. The molecule has 11 nitrogen and oxygen atoms in total. The zero-order valence-corrected chi connectivity index (χ0v) is 23.6. The van der Waals surface area contributed by atoms with Crippen LogP contribution in [-0.2, 0) is 34.3 Å². The lowest BCUT2D eigenvalue weighted by atomic mass is 9.98. The van der Waals surface area contributed by atoms with E-state index in [1.54, 1.807) is 9.58 Å². The highest BCUT2D eigenvalue weighted by molar-refractivity contribution is 5.90. The number of carbonyl (C=O) groups excluding carboxylic acids is 3. The highest BCUT2D eigenvalue weighted by Gasteiger charge is 2.39. The normalized spacial score (nSPS) is 18.7. The molecular formula is C30H39N7O4. The predicted octanol–water partition coefficient (Wildman–Crippen LogP) is 2.53. The highest BCUT2D eigenvalue weighted by atomic mass is 16.6. The van der Waals surface area contributed by atoms with Gasteiger partial charge in [0.15, 0.2) is 0 Å². The molecule has 0 unspecified atom stereocenters. The molecule has 3 amide bonds. The third-order valence-electron chi connectivity index (χ3n) is 8.09. The van der Waals surface area contributed by atoms with Crippen LogP contribution in [0.2, 0.25) is 0 Å². The average Bonchev–Trinajstić information content (AvgIpc) is 3.38. The molecule has 41 heavy (non-hydrogen) atoms. The van der Waals surface area contributed by atoms with E-state index in [-0.39, 0.29) is 44.1 Å². The zero-order valence-electron chi connectivity index (χ0n) is 23.6. The van der Waals surface area contributed by atoms with E-state index < -0.39 is 18.2 Å². The van der Waals surface area contributed by atoms with Crippen molar-refractivity contribution in [1.82, 2.24) is 30.1 Å². The summed E-state index contributed by atoms with van der Waals surface area (Å²) in [6.07, 6.45) is 5.57. The Morgan fingerprint density at radius 3 is 2.61 bits per heavy atom. The minimum atomic E-state index is -0.877. The van der Waals surface area contributed by atoms with Gasteiger partial charge in [-0.25, -0.2) is 9.48 Å². The lowest BCUT2D eigenvalue weighted by Gasteiger charge is -2.41. The first kappa shape index (κ1) is 28.5. The van der Waals surface area contributed by atoms with E-state index in [4.69, 9.17) is 10.5 Å². The summed E-state index contributed by atoms with van der Waals surface area (Å²) in [6, 6.07) is 13.9. The topological polar surface area (TPSA) is 136 Å². The molecule has 1 saturated carbocycles. The van der Waals surface area contributed by atoms with Gasteiger partial charge in [-0.05, 0) is 61.8 Å². The van der Waals surface area contributed by atoms with Gasteiger partial charge in [-0.2, -0.15) is 0 Å². The predicted molar refractivity (Wildman–Crippen MR) is 154 cm³/mol. The van der Waals surface area contributed by atoms with Crippen LogP contribution >= 0.6 is 0 Å². The number of benzene rings is 2. The molecule has 0 spiro atoms. The summed E-state index contributed by atoms with van der Waals surface area (Å²) in [7, 11) is 1.82. The van der Waals surface area contributed by atoms with Crippen LogP contribution in [0.25, 0.3) is 11.0 Å². The molecule has 2 aliphatic rings. The molecule has 5 rings (SSSR count). The number of piperazine rings is 1. The minimum Gasteiger partial charge on any atom is -0.446 e. The Balaban J connectivity index is 1.26. The number of nitrogens with two attached hydrogens (primary N) is 1. The van der Waals surface area contributed by atoms with Gasteiger partial charge >= 0.3 is 6.09 Å². The molecule has 2 heterocycles. The van der Waals surface area contributed by atoms with E-state index in [1.165, 1.54) is 4.90 Å². The maximum Gasteiger partial charge on any atom is 0.410 e. The molecule has 1 aliphatic heterocycles. The number of rotatable bonds is 8. The molecule has 2 aromatic carbocycles. The van der Waals surface area contributed by atoms with Crippen molar-refractivity contribution in [2.75, 3.05) is 19.6 Å². The van der Waals surface area contributed by atoms with Crippen LogP contribution in [0.1, 0.15) is 49.7 Å². The molecule has 2 atom stereocenters. The zero-order chi connectivity index (χ0) is 28.8. The van der Waals surface area contributed by atoms with Crippen molar-refractivity contribution in [2.45, 2.75) is 69.7 Å². The Morgan fingerprint density at radius 1 is 1.05 bits per heavy atom. The number of fused-ring (bicyclic) bond motifs is 1. The van der Waals surface area contributed by atoms with E-state index in [0.717, 1.165) is 54.3 Å². The number of carbonyl (C=O) groups is 3. The number of ether oxygens (including phenoxy) is 1. The van der Waals surface area contributed by atoms with E-state index in [1.807, 2.05) is 55.6 Å². The van der Waals surface area contributed by atoms with Crippen LogP contribution in [0.15, 0.2) is 48.5 Å². The number of aryl methyl sites for hydroxylation is 2. The number of hydrogen-bond acceptors (Lipinski definition) is 7. The van der Waals surface area contributed by atoms with Crippen molar-refractivity contribution >= 4 is 28.9 Å². The fourth-order valence-electron chi connectivity index (χ4n) is 5.64. The second-order valence-corrected chi connectivity index (χ2v) is 11.0. The summed E-state index contributed by atoms with van der Waals surface area (Å²) in [5.41, 5.74) is 9.93. The first-order valence-electron chi connectivity index (χ1n) is 14.5. The van der Waals surface area contributed by atoms with Crippen molar-refractivity contribution < 1.29 is 19.1 Å². The molecule has 1 aromatic heterocycles. The number of hydrogen-bond donors (Lipinski definition) is 2. The largest absolute Gasteiger partial charge is 0.446 e. The summed E-state index contributed by atoms with van der Waals surface area (Å²) in [5, 5.41) is 11.1. The van der Waals surface area contributed by atoms with Gasteiger partial charge in [0.2, 0.25) is 11.8 Å². The lowest BCUT2D eigenvalue weighted by molar-refractivity contribution is -0.144. The Hall–Kier alpha value is -3.99. The Morgan fingerprint density at radius 2 is 1.83 bits per heavy atom.